The lowest BCUT2D eigenvalue weighted by atomic mass is 9.84. The first-order valence-corrected chi connectivity index (χ1v) is 10.7. The third-order valence-electron chi connectivity index (χ3n) is 6.05. The second-order valence-corrected chi connectivity index (χ2v) is 8.32. The Morgan fingerprint density at radius 3 is 2.65 bits per heavy atom. The monoisotopic (exact) mass is 416 g/mol. The van der Waals surface area contributed by atoms with Crippen LogP contribution in [0.5, 0.6) is 5.75 Å². The van der Waals surface area contributed by atoms with Crippen LogP contribution < -0.4 is 15.4 Å². The number of nitrogens with one attached hydrogen (secondary N) is 2. The van der Waals surface area contributed by atoms with Crippen LogP contribution in [0.2, 0.25) is 0 Å². The number of carbonyl (C=O) groups excluding carboxylic acids is 2. The van der Waals surface area contributed by atoms with Gasteiger partial charge in [0.1, 0.15) is 5.75 Å². The minimum atomic E-state index is -0.368. The molecule has 0 spiro atoms. The summed E-state index contributed by atoms with van der Waals surface area (Å²) in [5.74, 6) is 0.828. The summed E-state index contributed by atoms with van der Waals surface area (Å²) in [6.45, 7) is 0.458. The summed E-state index contributed by atoms with van der Waals surface area (Å²) in [5, 5.41) is 8.55. The SMILES string of the molecule is COc1cccc(CNC(=O)CCC2(Cc3ccc4ccccc4c3)CCC(=O)N2)c1. The van der Waals surface area contributed by atoms with E-state index in [0.717, 1.165) is 24.2 Å². The second kappa shape index (κ2) is 9.21. The second-order valence-electron chi connectivity index (χ2n) is 8.32. The predicted molar refractivity (Wildman–Crippen MR) is 122 cm³/mol. The van der Waals surface area contributed by atoms with Crippen LogP contribution in [0.4, 0.5) is 0 Å². The van der Waals surface area contributed by atoms with Crippen molar-refractivity contribution in [2.75, 3.05) is 7.11 Å². The number of hydrogen-bond acceptors (Lipinski definition) is 3. The fourth-order valence-corrected chi connectivity index (χ4v) is 4.35. The number of hydrogen-bond donors (Lipinski definition) is 2. The Morgan fingerprint density at radius 1 is 1.03 bits per heavy atom. The van der Waals surface area contributed by atoms with E-state index in [4.69, 9.17) is 4.74 Å². The standard InChI is InChI=1S/C26H28N2O3/c1-31-23-8-4-5-20(16-23)18-27-24(29)11-13-26(14-12-25(30)28-26)17-19-9-10-21-6-2-3-7-22(21)15-19/h2-10,15-16H,11-14,17-18H2,1H3,(H,27,29)(H,28,30). The van der Waals surface area contributed by atoms with Crippen molar-refractivity contribution in [2.24, 2.45) is 0 Å². The highest BCUT2D eigenvalue weighted by Gasteiger charge is 2.37. The molecule has 31 heavy (non-hydrogen) atoms. The summed E-state index contributed by atoms with van der Waals surface area (Å²) in [4.78, 5) is 24.6. The number of amides is 2. The number of rotatable bonds is 8. The van der Waals surface area contributed by atoms with E-state index >= 15 is 0 Å². The maximum Gasteiger partial charge on any atom is 0.220 e. The van der Waals surface area contributed by atoms with E-state index in [1.54, 1.807) is 7.11 Å². The van der Waals surface area contributed by atoms with Gasteiger partial charge in [0.2, 0.25) is 11.8 Å². The molecule has 2 N–H and O–H groups in total. The van der Waals surface area contributed by atoms with Crippen LogP contribution in [0.25, 0.3) is 10.8 Å². The van der Waals surface area contributed by atoms with Gasteiger partial charge in [-0.05, 0) is 53.3 Å². The highest BCUT2D eigenvalue weighted by atomic mass is 16.5. The van der Waals surface area contributed by atoms with Crippen molar-refractivity contribution in [3.8, 4) is 5.75 Å². The van der Waals surface area contributed by atoms with Gasteiger partial charge < -0.3 is 15.4 Å². The van der Waals surface area contributed by atoms with Crippen molar-refractivity contribution in [1.29, 1.82) is 0 Å². The minimum Gasteiger partial charge on any atom is -0.497 e. The lowest BCUT2D eigenvalue weighted by Crippen LogP contribution is -2.44. The Kier molecular flexibility index (Phi) is 6.21. The van der Waals surface area contributed by atoms with Crippen molar-refractivity contribution in [2.45, 2.75) is 44.2 Å². The molecule has 0 saturated carbocycles. The van der Waals surface area contributed by atoms with Gasteiger partial charge in [0, 0.05) is 24.9 Å². The lowest BCUT2D eigenvalue weighted by Gasteiger charge is -2.29. The largest absolute Gasteiger partial charge is 0.497 e. The van der Waals surface area contributed by atoms with Crippen molar-refractivity contribution >= 4 is 22.6 Å². The smallest absolute Gasteiger partial charge is 0.220 e. The maximum absolute atomic E-state index is 12.5. The molecule has 2 amide bonds. The molecular formula is C26H28N2O3. The van der Waals surface area contributed by atoms with Gasteiger partial charge in [-0.2, -0.15) is 0 Å². The van der Waals surface area contributed by atoms with Crippen LogP contribution in [0.1, 0.15) is 36.8 Å². The number of fused-ring (bicyclic) bond motifs is 1. The van der Waals surface area contributed by atoms with E-state index in [1.165, 1.54) is 16.3 Å². The van der Waals surface area contributed by atoms with Crippen molar-refractivity contribution in [3.05, 3.63) is 77.9 Å². The zero-order valence-electron chi connectivity index (χ0n) is 17.8. The van der Waals surface area contributed by atoms with Gasteiger partial charge in [0.05, 0.1) is 7.11 Å². The topological polar surface area (TPSA) is 67.4 Å². The summed E-state index contributed by atoms with van der Waals surface area (Å²) in [6.07, 6.45) is 2.99. The minimum absolute atomic E-state index is 0.0122. The molecule has 5 nitrogen and oxygen atoms in total. The molecule has 0 aliphatic carbocycles. The molecule has 1 unspecified atom stereocenters. The van der Waals surface area contributed by atoms with Gasteiger partial charge in [0.15, 0.2) is 0 Å². The molecule has 4 rings (SSSR count). The number of benzene rings is 3. The van der Waals surface area contributed by atoms with E-state index < -0.39 is 0 Å². The quantitative estimate of drug-likeness (QED) is 0.580. The molecule has 3 aromatic rings. The normalized spacial score (nSPS) is 18.0. The van der Waals surface area contributed by atoms with Gasteiger partial charge in [0.25, 0.3) is 0 Å². The first-order chi connectivity index (χ1) is 15.0. The van der Waals surface area contributed by atoms with E-state index in [1.807, 2.05) is 36.4 Å². The third kappa shape index (κ3) is 5.23. The molecule has 1 heterocycles. The zero-order chi connectivity index (χ0) is 21.7. The molecule has 1 fully saturated rings. The molecule has 0 bridgehead atoms. The molecule has 1 aliphatic heterocycles. The molecule has 1 aliphatic rings. The first kappa shape index (κ1) is 20.9. The summed E-state index contributed by atoms with van der Waals surface area (Å²) in [6, 6.07) is 22.4. The number of carbonyl (C=O) groups is 2. The predicted octanol–water partition coefficient (Wildman–Crippen LogP) is 4.14. The Bertz CT molecular complexity index is 1090. The molecule has 0 aromatic heterocycles. The lowest BCUT2D eigenvalue weighted by molar-refractivity contribution is -0.122. The third-order valence-corrected chi connectivity index (χ3v) is 6.05. The van der Waals surface area contributed by atoms with Crippen LogP contribution in [-0.2, 0) is 22.6 Å². The maximum atomic E-state index is 12.5. The van der Waals surface area contributed by atoms with E-state index in [2.05, 4.69) is 41.0 Å². The number of ether oxygens (including phenoxy) is 1. The van der Waals surface area contributed by atoms with Crippen molar-refractivity contribution in [1.82, 2.24) is 10.6 Å². The summed E-state index contributed by atoms with van der Waals surface area (Å²) >= 11 is 0. The average molecular weight is 417 g/mol. The Morgan fingerprint density at radius 2 is 1.87 bits per heavy atom. The Hall–Kier alpha value is -3.34. The van der Waals surface area contributed by atoms with Gasteiger partial charge in [-0.3, -0.25) is 9.59 Å². The van der Waals surface area contributed by atoms with Crippen LogP contribution >= 0.6 is 0 Å². The molecular weight excluding hydrogens is 388 g/mol. The summed E-state index contributed by atoms with van der Waals surface area (Å²) in [7, 11) is 1.63. The fraction of sp³-hybridized carbons (Fsp3) is 0.308. The van der Waals surface area contributed by atoms with E-state index in [9.17, 15) is 9.59 Å². The Balaban J connectivity index is 1.39. The van der Waals surface area contributed by atoms with Gasteiger partial charge in [-0.1, -0.05) is 54.6 Å². The molecule has 1 atom stereocenters. The number of methoxy groups -OCH3 is 1. The average Bonchev–Trinajstić information content (AvgIpc) is 3.16. The zero-order valence-corrected chi connectivity index (χ0v) is 17.8. The van der Waals surface area contributed by atoms with Crippen LogP contribution in [0.15, 0.2) is 66.7 Å². The highest BCUT2D eigenvalue weighted by Crippen LogP contribution is 2.30. The molecule has 3 aromatic carbocycles. The fourth-order valence-electron chi connectivity index (χ4n) is 4.35. The molecule has 160 valence electrons. The van der Waals surface area contributed by atoms with Crippen LogP contribution in [0, 0.1) is 0 Å². The van der Waals surface area contributed by atoms with Gasteiger partial charge in [-0.25, -0.2) is 0 Å². The van der Waals surface area contributed by atoms with Crippen molar-refractivity contribution < 1.29 is 14.3 Å². The summed E-state index contributed by atoms with van der Waals surface area (Å²) in [5.41, 5.74) is 1.80. The van der Waals surface area contributed by atoms with Crippen LogP contribution in [-0.4, -0.2) is 24.5 Å². The van der Waals surface area contributed by atoms with Crippen molar-refractivity contribution in [3.63, 3.8) is 0 Å². The highest BCUT2D eigenvalue weighted by molar-refractivity contribution is 5.83. The van der Waals surface area contributed by atoms with Gasteiger partial charge in [-0.15, -0.1) is 0 Å². The summed E-state index contributed by atoms with van der Waals surface area (Å²) < 4.78 is 5.23. The van der Waals surface area contributed by atoms with E-state index in [0.29, 0.717) is 25.8 Å². The van der Waals surface area contributed by atoms with Crippen LogP contribution in [0.3, 0.4) is 0 Å². The first-order valence-electron chi connectivity index (χ1n) is 10.7. The Labute approximate surface area is 182 Å². The van der Waals surface area contributed by atoms with Gasteiger partial charge >= 0.3 is 0 Å². The molecule has 5 heteroatoms. The molecule has 0 radical (unpaired) electrons. The molecule has 1 saturated heterocycles. The van der Waals surface area contributed by atoms with E-state index in [-0.39, 0.29) is 17.4 Å².